The van der Waals surface area contributed by atoms with Crippen molar-refractivity contribution in [3.05, 3.63) is 69.8 Å². The van der Waals surface area contributed by atoms with Gasteiger partial charge in [0.25, 0.3) is 5.56 Å². The minimum atomic E-state index is -0.647. The number of rotatable bonds is 3. The number of urea groups is 1. The van der Waals surface area contributed by atoms with Gasteiger partial charge in [0.15, 0.2) is 0 Å². The molecule has 0 spiro atoms. The van der Waals surface area contributed by atoms with Crippen molar-refractivity contribution in [1.29, 1.82) is 0 Å². The lowest BCUT2D eigenvalue weighted by Crippen LogP contribution is -2.38. The fraction of sp³-hybridized carbons (Fsp3) is 0.200. The van der Waals surface area contributed by atoms with Crippen LogP contribution in [0.2, 0.25) is 0 Å². The Balaban J connectivity index is 1.71. The van der Waals surface area contributed by atoms with Gasteiger partial charge in [0.1, 0.15) is 6.54 Å². The molecule has 0 fully saturated rings. The standard InChI is InChI=1S/C20H20N4O3/c1-12-7-8-17-15(9-12)19(26)24(11-21-17)10-18(25)23-20(27)22-16-6-4-5-13(2)14(16)3/h4-9,11H,10H2,1-3H3,(H2,22,23,25,27). The zero-order valence-corrected chi connectivity index (χ0v) is 15.4. The maximum absolute atomic E-state index is 12.5. The molecular weight excluding hydrogens is 344 g/mol. The van der Waals surface area contributed by atoms with Crippen molar-refractivity contribution in [3.63, 3.8) is 0 Å². The first kappa shape index (κ1) is 18.3. The first-order valence-corrected chi connectivity index (χ1v) is 8.48. The number of aromatic nitrogens is 2. The molecule has 3 rings (SSSR count). The van der Waals surface area contributed by atoms with Gasteiger partial charge in [-0.25, -0.2) is 9.78 Å². The summed E-state index contributed by atoms with van der Waals surface area (Å²) < 4.78 is 1.18. The topological polar surface area (TPSA) is 93.1 Å². The number of amides is 3. The summed E-state index contributed by atoms with van der Waals surface area (Å²) in [5.74, 6) is -0.603. The Morgan fingerprint density at radius 2 is 1.89 bits per heavy atom. The molecule has 7 nitrogen and oxygen atoms in total. The van der Waals surface area contributed by atoms with E-state index in [1.807, 2.05) is 39.0 Å². The third kappa shape index (κ3) is 4.03. The number of fused-ring (bicyclic) bond motifs is 1. The van der Waals surface area contributed by atoms with Crippen LogP contribution in [0.15, 0.2) is 47.5 Å². The molecule has 0 bridgehead atoms. The monoisotopic (exact) mass is 364 g/mol. The average Bonchev–Trinajstić information content (AvgIpc) is 2.62. The number of imide groups is 1. The number of carbonyl (C=O) groups is 2. The van der Waals surface area contributed by atoms with E-state index in [9.17, 15) is 14.4 Å². The zero-order chi connectivity index (χ0) is 19.6. The lowest BCUT2D eigenvalue weighted by atomic mass is 10.1. The molecule has 0 saturated carbocycles. The van der Waals surface area contributed by atoms with Crippen LogP contribution in [-0.4, -0.2) is 21.5 Å². The van der Waals surface area contributed by atoms with Crippen molar-refractivity contribution >= 4 is 28.5 Å². The highest BCUT2D eigenvalue weighted by atomic mass is 16.2. The Bertz CT molecular complexity index is 1100. The van der Waals surface area contributed by atoms with Gasteiger partial charge < -0.3 is 5.32 Å². The van der Waals surface area contributed by atoms with Gasteiger partial charge in [0.2, 0.25) is 5.91 Å². The Morgan fingerprint density at radius 1 is 1.11 bits per heavy atom. The molecule has 1 aromatic heterocycles. The number of nitrogens with one attached hydrogen (secondary N) is 2. The van der Waals surface area contributed by atoms with Crippen molar-refractivity contribution in [3.8, 4) is 0 Å². The molecule has 7 heteroatoms. The molecule has 0 saturated heterocycles. The third-order valence-corrected chi connectivity index (χ3v) is 4.40. The van der Waals surface area contributed by atoms with E-state index < -0.39 is 11.9 Å². The van der Waals surface area contributed by atoms with Crippen LogP contribution in [0.25, 0.3) is 10.9 Å². The van der Waals surface area contributed by atoms with E-state index in [1.165, 1.54) is 10.9 Å². The first-order chi connectivity index (χ1) is 12.8. The second kappa shape index (κ2) is 7.41. The summed E-state index contributed by atoms with van der Waals surface area (Å²) in [6.45, 7) is 5.40. The van der Waals surface area contributed by atoms with Gasteiger partial charge in [-0.05, 0) is 50.1 Å². The Labute approximate surface area is 156 Å². The van der Waals surface area contributed by atoms with E-state index in [1.54, 1.807) is 18.2 Å². The normalized spacial score (nSPS) is 10.6. The van der Waals surface area contributed by atoms with Crippen LogP contribution in [0, 0.1) is 20.8 Å². The van der Waals surface area contributed by atoms with Crippen molar-refractivity contribution in [1.82, 2.24) is 14.9 Å². The SMILES string of the molecule is Cc1ccc2ncn(CC(=O)NC(=O)Nc3cccc(C)c3C)c(=O)c2c1. The molecule has 2 N–H and O–H groups in total. The zero-order valence-electron chi connectivity index (χ0n) is 15.4. The molecule has 0 atom stereocenters. The fourth-order valence-electron chi connectivity index (χ4n) is 2.75. The molecule has 2 aromatic carbocycles. The van der Waals surface area contributed by atoms with E-state index in [2.05, 4.69) is 15.6 Å². The predicted molar refractivity (Wildman–Crippen MR) is 104 cm³/mol. The van der Waals surface area contributed by atoms with Gasteiger partial charge in [-0.15, -0.1) is 0 Å². The van der Waals surface area contributed by atoms with E-state index in [4.69, 9.17) is 0 Å². The molecule has 27 heavy (non-hydrogen) atoms. The van der Waals surface area contributed by atoms with E-state index in [-0.39, 0.29) is 12.1 Å². The van der Waals surface area contributed by atoms with Crippen molar-refractivity contribution < 1.29 is 9.59 Å². The van der Waals surface area contributed by atoms with Crippen LogP contribution < -0.4 is 16.2 Å². The summed E-state index contributed by atoms with van der Waals surface area (Å²) in [7, 11) is 0. The van der Waals surface area contributed by atoms with E-state index in [0.29, 0.717) is 16.6 Å². The molecule has 0 unspecified atom stereocenters. The van der Waals surface area contributed by atoms with Crippen molar-refractivity contribution in [2.24, 2.45) is 0 Å². The average molecular weight is 364 g/mol. The summed E-state index contributed by atoms with van der Waals surface area (Å²) in [5, 5.41) is 5.31. The minimum absolute atomic E-state index is 0.296. The van der Waals surface area contributed by atoms with E-state index >= 15 is 0 Å². The Kier molecular flexibility index (Phi) is 5.03. The highest BCUT2D eigenvalue weighted by Crippen LogP contribution is 2.17. The second-order valence-electron chi connectivity index (χ2n) is 6.45. The number of nitrogens with zero attached hydrogens (tertiary/aromatic N) is 2. The maximum Gasteiger partial charge on any atom is 0.325 e. The predicted octanol–water partition coefficient (Wildman–Crippen LogP) is 2.67. The summed E-state index contributed by atoms with van der Waals surface area (Å²) >= 11 is 0. The van der Waals surface area contributed by atoms with Gasteiger partial charge in [-0.1, -0.05) is 23.8 Å². The van der Waals surface area contributed by atoms with Gasteiger partial charge in [-0.3, -0.25) is 19.5 Å². The molecule has 3 aromatic rings. The van der Waals surface area contributed by atoms with Crippen molar-refractivity contribution in [2.75, 3.05) is 5.32 Å². The lowest BCUT2D eigenvalue weighted by Gasteiger charge is -2.11. The quantitative estimate of drug-likeness (QED) is 0.747. The summed E-state index contributed by atoms with van der Waals surface area (Å²) in [6, 6.07) is 10.2. The largest absolute Gasteiger partial charge is 0.325 e. The number of benzene rings is 2. The smallest absolute Gasteiger partial charge is 0.307 e. The van der Waals surface area contributed by atoms with Crippen molar-refractivity contribution in [2.45, 2.75) is 27.3 Å². The lowest BCUT2D eigenvalue weighted by molar-refractivity contribution is -0.120. The van der Waals surface area contributed by atoms with Crippen LogP contribution in [0.1, 0.15) is 16.7 Å². The van der Waals surface area contributed by atoms with E-state index in [0.717, 1.165) is 16.7 Å². The summed E-state index contributed by atoms with van der Waals surface area (Å²) in [4.78, 5) is 40.9. The van der Waals surface area contributed by atoms with Crippen LogP contribution in [-0.2, 0) is 11.3 Å². The number of hydrogen-bond donors (Lipinski definition) is 2. The van der Waals surface area contributed by atoms with Crippen LogP contribution in [0.3, 0.4) is 0 Å². The third-order valence-electron chi connectivity index (χ3n) is 4.40. The Hall–Kier alpha value is -3.48. The van der Waals surface area contributed by atoms with Crippen LogP contribution in [0.5, 0.6) is 0 Å². The minimum Gasteiger partial charge on any atom is -0.307 e. The van der Waals surface area contributed by atoms with Gasteiger partial charge >= 0.3 is 6.03 Å². The number of aryl methyl sites for hydroxylation is 2. The van der Waals surface area contributed by atoms with Gasteiger partial charge in [-0.2, -0.15) is 0 Å². The Morgan fingerprint density at radius 3 is 2.67 bits per heavy atom. The van der Waals surface area contributed by atoms with Gasteiger partial charge in [0, 0.05) is 5.69 Å². The molecule has 0 aliphatic rings. The van der Waals surface area contributed by atoms with Crippen LogP contribution >= 0.6 is 0 Å². The molecule has 0 aliphatic carbocycles. The first-order valence-electron chi connectivity index (χ1n) is 8.48. The molecule has 1 heterocycles. The maximum atomic E-state index is 12.5. The number of carbonyl (C=O) groups excluding carboxylic acids is 2. The molecule has 0 aliphatic heterocycles. The molecule has 0 radical (unpaired) electrons. The molecule has 138 valence electrons. The van der Waals surface area contributed by atoms with Crippen LogP contribution in [0.4, 0.5) is 10.5 Å². The molecular formula is C20H20N4O3. The summed E-state index contributed by atoms with van der Waals surface area (Å²) in [6.07, 6.45) is 1.31. The molecule has 3 amide bonds. The number of anilines is 1. The highest BCUT2D eigenvalue weighted by molar-refractivity contribution is 6.01. The second-order valence-corrected chi connectivity index (χ2v) is 6.45. The fourth-order valence-corrected chi connectivity index (χ4v) is 2.75. The van der Waals surface area contributed by atoms with Gasteiger partial charge in [0.05, 0.1) is 17.2 Å². The highest BCUT2D eigenvalue weighted by Gasteiger charge is 2.12. The number of hydrogen-bond acceptors (Lipinski definition) is 4. The summed E-state index contributed by atoms with van der Waals surface area (Å²) in [5.41, 5.74) is 3.74.